The van der Waals surface area contributed by atoms with Crippen molar-refractivity contribution < 1.29 is 9.59 Å². The molecule has 0 heterocycles. The van der Waals surface area contributed by atoms with Gasteiger partial charge in [-0.1, -0.05) is 23.7 Å². The molecule has 0 saturated heterocycles. The van der Waals surface area contributed by atoms with E-state index in [2.05, 4.69) is 16.0 Å². The smallest absolute Gasteiger partial charge is 0.251 e. The molecule has 0 radical (unpaired) electrons. The van der Waals surface area contributed by atoms with Crippen molar-refractivity contribution in [3.8, 4) is 0 Å². The molecule has 0 aliphatic rings. The van der Waals surface area contributed by atoms with Crippen molar-refractivity contribution in [3.05, 3.63) is 58.6 Å². The molecule has 2 aromatic rings. The van der Waals surface area contributed by atoms with Crippen molar-refractivity contribution in [1.29, 1.82) is 0 Å². The van der Waals surface area contributed by atoms with Crippen LogP contribution in [0.3, 0.4) is 0 Å². The number of hydrogen-bond donors (Lipinski definition) is 3. The summed E-state index contributed by atoms with van der Waals surface area (Å²) in [6.07, 6.45) is 0. The summed E-state index contributed by atoms with van der Waals surface area (Å²) in [5, 5.41) is 9.12. The van der Waals surface area contributed by atoms with Crippen molar-refractivity contribution in [1.82, 2.24) is 5.32 Å². The Hall–Kier alpha value is -2.53. The molecule has 2 rings (SSSR count). The van der Waals surface area contributed by atoms with E-state index in [1.54, 1.807) is 56.4 Å². The van der Waals surface area contributed by atoms with Crippen molar-refractivity contribution in [2.24, 2.45) is 0 Å². The number of hydrogen-bond acceptors (Lipinski definition) is 3. The van der Waals surface area contributed by atoms with E-state index < -0.39 is 6.04 Å². The number of rotatable bonds is 5. The number of carbonyl (C=O) groups excluding carboxylic acids is 2. The maximum atomic E-state index is 12.4. The second-order valence-corrected chi connectivity index (χ2v) is 5.83. The van der Waals surface area contributed by atoms with E-state index in [0.29, 0.717) is 22.0 Å². The first-order valence-corrected chi connectivity index (χ1v) is 7.95. The number of amides is 2. The monoisotopic (exact) mass is 345 g/mol. The Balaban J connectivity index is 2.06. The van der Waals surface area contributed by atoms with Gasteiger partial charge in [0, 0.05) is 29.0 Å². The molecule has 2 aromatic carbocycles. The Morgan fingerprint density at radius 2 is 1.83 bits per heavy atom. The van der Waals surface area contributed by atoms with E-state index in [4.69, 9.17) is 11.6 Å². The van der Waals surface area contributed by atoms with Crippen molar-refractivity contribution in [3.63, 3.8) is 0 Å². The van der Waals surface area contributed by atoms with E-state index in [9.17, 15) is 9.59 Å². The highest BCUT2D eigenvalue weighted by Gasteiger charge is 2.15. The van der Waals surface area contributed by atoms with Gasteiger partial charge < -0.3 is 16.0 Å². The average molecular weight is 346 g/mol. The zero-order valence-corrected chi connectivity index (χ0v) is 14.6. The molecule has 0 aromatic heterocycles. The molecule has 0 saturated carbocycles. The Kier molecular flexibility index (Phi) is 5.82. The first kappa shape index (κ1) is 17.8. The maximum absolute atomic E-state index is 12.4. The fourth-order valence-electron chi connectivity index (χ4n) is 2.19. The van der Waals surface area contributed by atoms with Gasteiger partial charge in [-0.25, -0.2) is 0 Å². The third kappa shape index (κ3) is 4.26. The number of halogens is 1. The summed E-state index contributed by atoms with van der Waals surface area (Å²) in [6, 6.07) is 11.9. The van der Waals surface area contributed by atoms with E-state index in [1.807, 2.05) is 6.92 Å². The largest absolute Gasteiger partial charge is 0.374 e. The summed E-state index contributed by atoms with van der Waals surface area (Å²) < 4.78 is 0. The fraction of sp³-hybridized carbons (Fsp3) is 0.222. The van der Waals surface area contributed by atoms with Crippen LogP contribution in [-0.4, -0.2) is 24.9 Å². The number of benzene rings is 2. The van der Waals surface area contributed by atoms with Crippen molar-refractivity contribution in [2.75, 3.05) is 17.7 Å². The lowest BCUT2D eigenvalue weighted by molar-refractivity contribution is -0.116. The van der Waals surface area contributed by atoms with Gasteiger partial charge >= 0.3 is 0 Å². The van der Waals surface area contributed by atoms with Gasteiger partial charge in [0.1, 0.15) is 6.04 Å². The molecular weight excluding hydrogens is 326 g/mol. The molecule has 1 atom stereocenters. The van der Waals surface area contributed by atoms with Gasteiger partial charge in [0.15, 0.2) is 0 Å². The van der Waals surface area contributed by atoms with Gasteiger partial charge in [0.2, 0.25) is 5.91 Å². The predicted octanol–water partition coefficient (Wildman–Crippen LogP) is 3.45. The third-order valence-corrected chi connectivity index (χ3v) is 4.06. The normalized spacial score (nSPS) is 11.5. The molecule has 3 N–H and O–H groups in total. The Morgan fingerprint density at radius 1 is 1.12 bits per heavy atom. The summed E-state index contributed by atoms with van der Waals surface area (Å²) in [4.78, 5) is 24.0. The van der Waals surface area contributed by atoms with Crippen LogP contribution >= 0.6 is 11.6 Å². The molecule has 0 aliphatic carbocycles. The number of nitrogens with one attached hydrogen (secondary N) is 3. The highest BCUT2D eigenvalue weighted by Crippen LogP contribution is 2.23. The topological polar surface area (TPSA) is 70.2 Å². The van der Waals surface area contributed by atoms with Gasteiger partial charge in [0.05, 0.1) is 0 Å². The lowest BCUT2D eigenvalue weighted by atomic mass is 10.1. The van der Waals surface area contributed by atoms with Crippen LogP contribution in [0.4, 0.5) is 11.4 Å². The molecule has 1 unspecified atom stereocenters. The molecular formula is C18H20ClN3O2. The Morgan fingerprint density at radius 3 is 2.54 bits per heavy atom. The van der Waals surface area contributed by atoms with Crippen molar-refractivity contribution in [2.45, 2.75) is 19.9 Å². The van der Waals surface area contributed by atoms with Crippen LogP contribution in [0.5, 0.6) is 0 Å². The molecule has 0 fully saturated rings. The number of anilines is 2. The van der Waals surface area contributed by atoms with Gasteiger partial charge in [-0.2, -0.15) is 0 Å². The molecule has 6 heteroatoms. The summed E-state index contributed by atoms with van der Waals surface area (Å²) in [5.74, 6) is -0.365. The molecule has 126 valence electrons. The lowest BCUT2D eigenvalue weighted by Crippen LogP contribution is -2.32. The summed E-state index contributed by atoms with van der Waals surface area (Å²) in [6.45, 7) is 3.60. The SMILES string of the molecule is CNC(=O)c1cccc(NC(C)C(=O)Nc2cccc(Cl)c2C)c1. The average Bonchev–Trinajstić information content (AvgIpc) is 2.58. The second kappa shape index (κ2) is 7.84. The maximum Gasteiger partial charge on any atom is 0.251 e. The standard InChI is InChI=1S/C18H20ClN3O2/c1-11-15(19)8-5-9-16(11)22-17(23)12(2)21-14-7-4-6-13(10-14)18(24)20-3/h4-10,12,21H,1-3H3,(H,20,24)(H,22,23). The minimum absolute atomic E-state index is 0.176. The van der Waals surface area contributed by atoms with Crippen LogP contribution < -0.4 is 16.0 Å². The summed E-state index contributed by atoms with van der Waals surface area (Å²) in [7, 11) is 1.58. The fourth-order valence-corrected chi connectivity index (χ4v) is 2.37. The van der Waals surface area contributed by atoms with E-state index in [-0.39, 0.29) is 11.8 Å². The highest BCUT2D eigenvalue weighted by atomic mass is 35.5. The van der Waals surface area contributed by atoms with E-state index in [1.165, 1.54) is 0 Å². The second-order valence-electron chi connectivity index (χ2n) is 5.43. The minimum atomic E-state index is -0.483. The lowest BCUT2D eigenvalue weighted by Gasteiger charge is -2.17. The first-order chi connectivity index (χ1) is 11.4. The van der Waals surface area contributed by atoms with Gasteiger partial charge in [-0.15, -0.1) is 0 Å². The van der Waals surface area contributed by atoms with Crippen molar-refractivity contribution >= 4 is 34.8 Å². The number of carbonyl (C=O) groups is 2. The van der Waals surface area contributed by atoms with Crippen LogP contribution in [0.15, 0.2) is 42.5 Å². The van der Waals surface area contributed by atoms with Crippen LogP contribution in [-0.2, 0) is 4.79 Å². The Bertz CT molecular complexity index is 762. The van der Waals surface area contributed by atoms with E-state index >= 15 is 0 Å². The van der Waals surface area contributed by atoms with Crippen LogP contribution in [0, 0.1) is 6.92 Å². The van der Waals surface area contributed by atoms with E-state index in [0.717, 1.165) is 5.56 Å². The van der Waals surface area contributed by atoms with Gasteiger partial charge in [0.25, 0.3) is 5.91 Å². The first-order valence-electron chi connectivity index (χ1n) is 7.57. The zero-order valence-electron chi connectivity index (χ0n) is 13.8. The molecule has 0 spiro atoms. The van der Waals surface area contributed by atoms with Gasteiger partial charge in [-0.3, -0.25) is 9.59 Å². The van der Waals surface area contributed by atoms with Gasteiger partial charge in [-0.05, 0) is 49.7 Å². The molecule has 2 amide bonds. The molecule has 0 bridgehead atoms. The third-order valence-electron chi connectivity index (χ3n) is 3.65. The summed E-state index contributed by atoms with van der Waals surface area (Å²) in [5.41, 5.74) is 2.73. The minimum Gasteiger partial charge on any atom is -0.374 e. The Labute approximate surface area is 146 Å². The van der Waals surface area contributed by atoms with Crippen LogP contribution in [0.25, 0.3) is 0 Å². The van der Waals surface area contributed by atoms with Crippen LogP contribution in [0.2, 0.25) is 5.02 Å². The zero-order chi connectivity index (χ0) is 17.7. The highest BCUT2D eigenvalue weighted by molar-refractivity contribution is 6.31. The quantitative estimate of drug-likeness (QED) is 0.777. The predicted molar refractivity (Wildman–Crippen MR) is 97.7 cm³/mol. The molecule has 5 nitrogen and oxygen atoms in total. The molecule has 24 heavy (non-hydrogen) atoms. The molecule has 0 aliphatic heterocycles. The van der Waals surface area contributed by atoms with Crippen LogP contribution in [0.1, 0.15) is 22.8 Å². The summed E-state index contributed by atoms with van der Waals surface area (Å²) >= 11 is 6.06.